The van der Waals surface area contributed by atoms with Crippen LogP contribution >= 0.6 is 11.8 Å². The number of aliphatic carboxylic acids is 1. The molecule has 4 heteroatoms. The van der Waals surface area contributed by atoms with E-state index in [9.17, 15) is 4.79 Å². The van der Waals surface area contributed by atoms with Crippen molar-refractivity contribution in [2.24, 2.45) is 0 Å². The van der Waals surface area contributed by atoms with Crippen LogP contribution in [0.3, 0.4) is 0 Å². The summed E-state index contributed by atoms with van der Waals surface area (Å²) < 4.78 is 0. The van der Waals surface area contributed by atoms with Crippen LogP contribution in [-0.4, -0.2) is 28.0 Å². The zero-order chi connectivity index (χ0) is 12.7. The molecule has 3 nitrogen and oxygen atoms in total. The van der Waals surface area contributed by atoms with Gasteiger partial charge in [0.1, 0.15) is 0 Å². The molecular weight excluding hydrogens is 236 g/mol. The van der Waals surface area contributed by atoms with Crippen LogP contribution in [0.25, 0.3) is 0 Å². The largest absolute Gasteiger partial charge is 0.481 e. The topological polar surface area (TPSA) is 57.5 Å². The normalized spacial score (nSPS) is 12.4. The molecule has 0 aliphatic heterocycles. The Bertz CT molecular complexity index is 348. The van der Waals surface area contributed by atoms with Gasteiger partial charge in [0.15, 0.2) is 0 Å². The Morgan fingerprint density at radius 1 is 1.29 bits per heavy atom. The van der Waals surface area contributed by atoms with Gasteiger partial charge in [-0.1, -0.05) is 31.2 Å². The number of hydrogen-bond donors (Lipinski definition) is 2. The van der Waals surface area contributed by atoms with Crippen molar-refractivity contribution in [1.82, 2.24) is 0 Å². The first kappa shape index (κ1) is 14.1. The molecule has 0 heterocycles. The fourth-order valence-electron chi connectivity index (χ4n) is 1.43. The summed E-state index contributed by atoms with van der Waals surface area (Å²) >= 11 is 1.80. The SMILES string of the molecule is CC(CCO)SCc1ccc(CC(=O)O)cc1. The molecule has 0 aliphatic carbocycles. The van der Waals surface area contributed by atoms with Gasteiger partial charge in [-0.15, -0.1) is 0 Å². The Morgan fingerprint density at radius 3 is 2.41 bits per heavy atom. The standard InChI is InChI=1S/C13H18O3S/c1-10(6-7-14)17-9-12-4-2-11(3-5-12)8-13(15)16/h2-5,10,14H,6-9H2,1H3,(H,15,16). The smallest absolute Gasteiger partial charge is 0.307 e. The zero-order valence-corrected chi connectivity index (χ0v) is 10.7. The molecule has 0 aromatic heterocycles. The van der Waals surface area contributed by atoms with Gasteiger partial charge in [-0.25, -0.2) is 0 Å². The maximum absolute atomic E-state index is 10.5. The molecule has 1 rings (SSSR count). The summed E-state index contributed by atoms with van der Waals surface area (Å²) in [5, 5.41) is 17.9. The van der Waals surface area contributed by atoms with Crippen molar-refractivity contribution in [2.45, 2.75) is 30.8 Å². The Kier molecular flexibility index (Phi) is 6.08. The predicted molar refractivity (Wildman–Crippen MR) is 70.2 cm³/mol. The van der Waals surface area contributed by atoms with E-state index in [1.165, 1.54) is 5.56 Å². The van der Waals surface area contributed by atoms with Crippen molar-refractivity contribution >= 4 is 17.7 Å². The zero-order valence-electron chi connectivity index (χ0n) is 9.93. The summed E-state index contributed by atoms with van der Waals surface area (Å²) in [5.74, 6) is 0.0952. The quantitative estimate of drug-likeness (QED) is 0.784. The molecule has 94 valence electrons. The van der Waals surface area contributed by atoms with Crippen molar-refractivity contribution in [3.05, 3.63) is 35.4 Å². The third-order valence-corrected chi connectivity index (χ3v) is 3.75. The average Bonchev–Trinajstić information content (AvgIpc) is 2.28. The highest BCUT2D eigenvalue weighted by molar-refractivity contribution is 7.99. The minimum Gasteiger partial charge on any atom is -0.481 e. The molecule has 0 amide bonds. The van der Waals surface area contributed by atoms with E-state index in [2.05, 4.69) is 6.92 Å². The van der Waals surface area contributed by atoms with Crippen LogP contribution in [0.2, 0.25) is 0 Å². The van der Waals surface area contributed by atoms with Gasteiger partial charge < -0.3 is 10.2 Å². The molecular formula is C13H18O3S. The van der Waals surface area contributed by atoms with Gasteiger partial charge in [0.05, 0.1) is 6.42 Å². The van der Waals surface area contributed by atoms with Crippen LogP contribution in [0, 0.1) is 0 Å². The Balaban J connectivity index is 2.42. The predicted octanol–water partition coefficient (Wildman–Crippen LogP) is 2.32. The summed E-state index contributed by atoms with van der Waals surface area (Å²) in [4.78, 5) is 10.5. The molecule has 0 saturated heterocycles. The average molecular weight is 254 g/mol. The van der Waals surface area contributed by atoms with Gasteiger partial charge in [-0.2, -0.15) is 11.8 Å². The van der Waals surface area contributed by atoms with E-state index < -0.39 is 5.97 Å². The van der Waals surface area contributed by atoms with Crippen LogP contribution in [0.5, 0.6) is 0 Å². The van der Waals surface area contributed by atoms with Crippen molar-refractivity contribution < 1.29 is 15.0 Å². The second-order valence-electron chi connectivity index (χ2n) is 4.02. The number of aliphatic hydroxyl groups excluding tert-OH is 1. The van der Waals surface area contributed by atoms with Crippen LogP contribution in [0.1, 0.15) is 24.5 Å². The number of rotatable bonds is 7. The maximum atomic E-state index is 10.5. The van der Waals surface area contributed by atoms with E-state index in [4.69, 9.17) is 10.2 Å². The lowest BCUT2D eigenvalue weighted by Gasteiger charge is -2.09. The molecule has 0 fully saturated rings. The number of carbonyl (C=O) groups is 1. The number of hydrogen-bond acceptors (Lipinski definition) is 3. The first-order valence-corrected chi connectivity index (χ1v) is 6.68. The lowest BCUT2D eigenvalue weighted by molar-refractivity contribution is -0.136. The summed E-state index contributed by atoms with van der Waals surface area (Å²) in [6.45, 7) is 2.32. The number of aliphatic hydroxyl groups is 1. The van der Waals surface area contributed by atoms with Crippen LogP contribution in [0.15, 0.2) is 24.3 Å². The lowest BCUT2D eigenvalue weighted by Crippen LogP contribution is -2.01. The van der Waals surface area contributed by atoms with Crippen molar-refractivity contribution in [2.75, 3.05) is 6.61 Å². The van der Waals surface area contributed by atoms with Crippen LogP contribution in [0.4, 0.5) is 0 Å². The molecule has 0 aliphatic rings. The second kappa shape index (κ2) is 7.35. The van der Waals surface area contributed by atoms with Crippen molar-refractivity contribution in [3.63, 3.8) is 0 Å². The van der Waals surface area contributed by atoms with Crippen molar-refractivity contribution in [1.29, 1.82) is 0 Å². The Hall–Kier alpha value is -1.00. The maximum Gasteiger partial charge on any atom is 0.307 e. The summed E-state index contributed by atoms with van der Waals surface area (Å²) in [7, 11) is 0. The summed E-state index contributed by atoms with van der Waals surface area (Å²) in [6, 6.07) is 7.66. The number of carboxylic acids is 1. The minimum absolute atomic E-state index is 0.0777. The third-order valence-electron chi connectivity index (χ3n) is 2.45. The van der Waals surface area contributed by atoms with E-state index in [-0.39, 0.29) is 13.0 Å². The molecule has 17 heavy (non-hydrogen) atoms. The highest BCUT2D eigenvalue weighted by Gasteiger charge is 2.03. The van der Waals surface area contributed by atoms with Crippen LogP contribution in [-0.2, 0) is 17.0 Å². The number of thioether (sulfide) groups is 1. The van der Waals surface area contributed by atoms with E-state index in [0.717, 1.165) is 17.7 Å². The fraction of sp³-hybridized carbons (Fsp3) is 0.462. The van der Waals surface area contributed by atoms with Gasteiger partial charge in [0.2, 0.25) is 0 Å². The highest BCUT2D eigenvalue weighted by atomic mass is 32.2. The van der Waals surface area contributed by atoms with Gasteiger partial charge in [0, 0.05) is 17.6 Å². The molecule has 0 saturated carbocycles. The van der Waals surface area contributed by atoms with Gasteiger partial charge >= 0.3 is 5.97 Å². The van der Waals surface area contributed by atoms with Crippen LogP contribution < -0.4 is 0 Å². The first-order valence-electron chi connectivity index (χ1n) is 5.64. The van der Waals surface area contributed by atoms with Gasteiger partial charge in [-0.3, -0.25) is 4.79 Å². The fourth-order valence-corrected chi connectivity index (χ4v) is 2.37. The summed E-state index contributed by atoms with van der Waals surface area (Å²) in [6.07, 6.45) is 0.885. The molecule has 1 aromatic carbocycles. The van der Waals surface area contributed by atoms with Crippen molar-refractivity contribution in [3.8, 4) is 0 Å². The molecule has 1 aromatic rings. The molecule has 1 unspecified atom stereocenters. The molecule has 0 spiro atoms. The third kappa shape index (κ3) is 5.75. The molecule has 0 radical (unpaired) electrons. The highest BCUT2D eigenvalue weighted by Crippen LogP contribution is 2.20. The van der Waals surface area contributed by atoms with E-state index >= 15 is 0 Å². The van der Waals surface area contributed by atoms with Gasteiger partial charge in [0.25, 0.3) is 0 Å². The summed E-state index contributed by atoms with van der Waals surface area (Å²) in [5.41, 5.74) is 2.02. The van der Waals surface area contributed by atoms with E-state index in [1.54, 1.807) is 11.8 Å². The minimum atomic E-state index is -0.802. The first-order chi connectivity index (χ1) is 8.11. The Labute approximate surface area is 106 Å². The number of carboxylic acid groups (broad SMARTS) is 1. The Morgan fingerprint density at radius 2 is 1.88 bits per heavy atom. The molecule has 2 N–H and O–H groups in total. The molecule has 1 atom stereocenters. The lowest BCUT2D eigenvalue weighted by atomic mass is 10.1. The van der Waals surface area contributed by atoms with E-state index in [0.29, 0.717) is 5.25 Å². The van der Waals surface area contributed by atoms with Gasteiger partial charge in [-0.05, 0) is 17.5 Å². The second-order valence-corrected chi connectivity index (χ2v) is 5.45. The molecule has 0 bridgehead atoms. The number of benzene rings is 1. The monoisotopic (exact) mass is 254 g/mol. The van der Waals surface area contributed by atoms with E-state index in [1.807, 2.05) is 24.3 Å².